The Bertz CT molecular complexity index is 702. The molecule has 25 heavy (non-hydrogen) atoms. The second-order valence-electron chi connectivity index (χ2n) is 6.75. The topological polar surface area (TPSA) is 48.5 Å². The first-order valence-electron chi connectivity index (χ1n) is 8.87. The van der Waals surface area contributed by atoms with Crippen LogP contribution >= 0.6 is 0 Å². The highest BCUT2D eigenvalue weighted by atomic mass is 16.1. The largest absolute Gasteiger partial charge is 0.378 e. The maximum atomic E-state index is 12.6. The number of hydrogen-bond donors (Lipinski definition) is 1. The molecule has 0 aliphatic carbocycles. The number of benzene rings is 1. The van der Waals surface area contributed by atoms with Crippen LogP contribution in [0.25, 0.3) is 0 Å². The summed E-state index contributed by atoms with van der Waals surface area (Å²) < 4.78 is 0. The normalized spacial score (nSPS) is 17.2. The van der Waals surface area contributed by atoms with E-state index in [1.54, 1.807) is 0 Å². The second-order valence-corrected chi connectivity index (χ2v) is 6.75. The molecule has 132 valence electrons. The first-order valence-corrected chi connectivity index (χ1v) is 8.87. The van der Waals surface area contributed by atoms with Crippen LogP contribution in [0, 0.1) is 0 Å². The molecule has 1 unspecified atom stereocenters. The Labute approximate surface area is 149 Å². The number of amides is 1. The summed E-state index contributed by atoms with van der Waals surface area (Å²) in [6.07, 6.45) is 7.53. The lowest BCUT2D eigenvalue weighted by Crippen LogP contribution is -2.41. The summed E-state index contributed by atoms with van der Waals surface area (Å²) in [5, 5.41) is 3.05. The Morgan fingerprint density at radius 1 is 1.24 bits per heavy atom. The van der Waals surface area contributed by atoms with Crippen LogP contribution in [0.15, 0.2) is 48.8 Å². The van der Waals surface area contributed by atoms with E-state index >= 15 is 0 Å². The van der Waals surface area contributed by atoms with E-state index in [9.17, 15) is 4.79 Å². The van der Waals surface area contributed by atoms with E-state index in [2.05, 4.69) is 15.2 Å². The molecule has 1 aromatic heterocycles. The number of pyridine rings is 1. The van der Waals surface area contributed by atoms with E-state index in [0.29, 0.717) is 6.42 Å². The van der Waals surface area contributed by atoms with Crippen LogP contribution in [0.4, 0.5) is 17.1 Å². The van der Waals surface area contributed by atoms with Crippen LogP contribution in [0.1, 0.15) is 25.7 Å². The number of piperidine rings is 1. The van der Waals surface area contributed by atoms with E-state index in [1.165, 1.54) is 12.8 Å². The average molecular weight is 338 g/mol. The molecule has 1 aromatic carbocycles. The zero-order valence-electron chi connectivity index (χ0n) is 15.0. The molecule has 3 rings (SSSR count). The quantitative estimate of drug-likeness (QED) is 0.906. The van der Waals surface area contributed by atoms with Gasteiger partial charge in [0.2, 0.25) is 5.91 Å². The maximum Gasteiger partial charge on any atom is 0.226 e. The number of hydrogen-bond acceptors (Lipinski definition) is 4. The van der Waals surface area contributed by atoms with Crippen molar-refractivity contribution >= 4 is 23.0 Å². The van der Waals surface area contributed by atoms with Gasteiger partial charge >= 0.3 is 0 Å². The Kier molecular flexibility index (Phi) is 5.53. The molecule has 5 heteroatoms. The molecule has 0 spiro atoms. The number of carbonyl (C=O) groups excluding carboxylic acids is 1. The van der Waals surface area contributed by atoms with Gasteiger partial charge in [-0.1, -0.05) is 6.07 Å². The van der Waals surface area contributed by atoms with Gasteiger partial charge in [0.05, 0.1) is 0 Å². The molecule has 2 aromatic rings. The minimum Gasteiger partial charge on any atom is -0.378 e. The lowest BCUT2D eigenvalue weighted by molar-refractivity contribution is -0.116. The number of nitrogens with one attached hydrogen (secondary N) is 1. The van der Waals surface area contributed by atoms with E-state index in [4.69, 9.17) is 0 Å². The first-order chi connectivity index (χ1) is 12.1. The molecular weight excluding hydrogens is 312 g/mol. The smallest absolute Gasteiger partial charge is 0.226 e. The lowest BCUT2D eigenvalue weighted by Gasteiger charge is -2.37. The van der Waals surface area contributed by atoms with Crippen LogP contribution in [0.2, 0.25) is 0 Å². The van der Waals surface area contributed by atoms with Crippen molar-refractivity contribution in [3.05, 3.63) is 48.8 Å². The molecule has 2 heterocycles. The fourth-order valence-corrected chi connectivity index (χ4v) is 3.38. The molecule has 0 bridgehead atoms. The third kappa shape index (κ3) is 4.50. The fourth-order valence-electron chi connectivity index (χ4n) is 3.38. The summed E-state index contributed by atoms with van der Waals surface area (Å²) in [6.45, 7) is 0.998. The van der Waals surface area contributed by atoms with Crippen molar-refractivity contribution in [2.24, 2.45) is 0 Å². The third-order valence-corrected chi connectivity index (χ3v) is 4.69. The second kappa shape index (κ2) is 8.01. The van der Waals surface area contributed by atoms with Crippen molar-refractivity contribution in [2.45, 2.75) is 31.7 Å². The SMILES string of the molecule is CN(C)c1cccc(NC(=O)CC2CCCCN2c2ccncc2)c1. The van der Waals surface area contributed by atoms with E-state index in [0.717, 1.165) is 30.0 Å². The van der Waals surface area contributed by atoms with Crippen LogP contribution in [-0.2, 0) is 4.79 Å². The summed E-state index contributed by atoms with van der Waals surface area (Å²) in [6, 6.07) is 12.2. The fraction of sp³-hybridized carbons (Fsp3) is 0.400. The molecule has 1 atom stereocenters. The van der Waals surface area contributed by atoms with Gasteiger partial charge in [-0.05, 0) is 49.6 Å². The monoisotopic (exact) mass is 338 g/mol. The summed E-state index contributed by atoms with van der Waals surface area (Å²) >= 11 is 0. The van der Waals surface area contributed by atoms with Crippen LogP contribution in [0.5, 0.6) is 0 Å². The minimum absolute atomic E-state index is 0.0712. The van der Waals surface area contributed by atoms with Crippen LogP contribution in [-0.4, -0.2) is 37.6 Å². The van der Waals surface area contributed by atoms with Crippen molar-refractivity contribution in [3.63, 3.8) is 0 Å². The third-order valence-electron chi connectivity index (χ3n) is 4.69. The molecule has 1 aliphatic rings. The van der Waals surface area contributed by atoms with Gasteiger partial charge in [0.1, 0.15) is 0 Å². The van der Waals surface area contributed by atoms with Gasteiger partial charge in [-0.15, -0.1) is 0 Å². The van der Waals surface area contributed by atoms with Crippen LogP contribution in [0.3, 0.4) is 0 Å². The number of nitrogens with zero attached hydrogens (tertiary/aromatic N) is 3. The van der Waals surface area contributed by atoms with Gasteiger partial charge in [-0.3, -0.25) is 9.78 Å². The predicted molar refractivity (Wildman–Crippen MR) is 103 cm³/mol. The zero-order chi connectivity index (χ0) is 17.6. The molecule has 1 N–H and O–H groups in total. The van der Waals surface area contributed by atoms with Gasteiger partial charge in [-0.2, -0.15) is 0 Å². The van der Waals surface area contributed by atoms with Gasteiger partial charge in [-0.25, -0.2) is 0 Å². The van der Waals surface area contributed by atoms with E-state index < -0.39 is 0 Å². The Morgan fingerprint density at radius 2 is 2.04 bits per heavy atom. The minimum atomic E-state index is 0.0712. The maximum absolute atomic E-state index is 12.6. The molecule has 0 saturated carbocycles. The molecule has 0 radical (unpaired) electrons. The number of rotatable bonds is 5. The van der Waals surface area contributed by atoms with Gasteiger partial charge in [0.25, 0.3) is 0 Å². The molecule has 1 saturated heterocycles. The Hall–Kier alpha value is -2.56. The summed E-state index contributed by atoms with van der Waals surface area (Å²) in [5.41, 5.74) is 3.08. The molecule has 1 aliphatic heterocycles. The molecule has 5 nitrogen and oxygen atoms in total. The zero-order valence-corrected chi connectivity index (χ0v) is 15.0. The van der Waals surface area contributed by atoms with Gasteiger partial charge in [0.15, 0.2) is 0 Å². The average Bonchev–Trinajstić information content (AvgIpc) is 2.63. The standard InChI is InChI=1S/C20H26N4O/c1-23(2)18-8-5-6-16(14-18)22-20(25)15-19-7-3-4-13-24(19)17-9-11-21-12-10-17/h5-6,8-12,14,19H,3-4,7,13,15H2,1-2H3,(H,22,25). The van der Waals surface area contributed by atoms with Crippen molar-refractivity contribution in [1.29, 1.82) is 0 Å². The van der Waals surface area contributed by atoms with Crippen molar-refractivity contribution in [1.82, 2.24) is 4.98 Å². The molecule has 1 amide bonds. The van der Waals surface area contributed by atoms with Crippen molar-refractivity contribution < 1.29 is 4.79 Å². The Balaban J connectivity index is 1.65. The number of aromatic nitrogens is 1. The first kappa shape index (κ1) is 17.3. The summed E-state index contributed by atoms with van der Waals surface area (Å²) in [7, 11) is 3.99. The summed E-state index contributed by atoms with van der Waals surface area (Å²) in [4.78, 5) is 21.0. The highest BCUT2D eigenvalue weighted by Gasteiger charge is 2.25. The molecular formula is C20H26N4O. The van der Waals surface area contributed by atoms with E-state index in [-0.39, 0.29) is 11.9 Å². The number of anilines is 3. The van der Waals surface area contributed by atoms with Crippen LogP contribution < -0.4 is 15.1 Å². The van der Waals surface area contributed by atoms with Crippen molar-refractivity contribution in [2.75, 3.05) is 35.8 Å². The summed E-state index contributed by atoms with van der Waals surface area (Å²) in [5.74, 6) is 0.0712. The number of carbonyl (C=O) groups is 1. The highest BCUT2D eigenvalue weighted by molar-refractivity contribution is 5.92. The van der Waals surface area contributed by atoms with Gasteiger partial charge < -0.3 is 15.1 Å². The predicted octanol–water partition coefficient (Wildman–Crippen LogP) is 3.54. The van der Waals surface area contributed by atoms with E-state index in [1.807, 2.05) is 67.8 Å². The molecule has 1 fully saturated rings. The van der Waals surface area contributed by atoms with Crippen molar-refractivity contribution in [3.8, 4) is 0 Å². The Morgan fingerprint density at radius 3 is 2.80 bits per heavy atom. The lowest BCUT2D eigenvalue weighted by atomic mass is 9.98. The highest BCUT2D eigenvalue weighted by Crippen LogP contribution is 2.26. The van der Waals surface area contributed by atoms with Gasteiger partial charge in [0, 0.05) is 62.6 Å².